The summed E-state index contributed by atoms with van der Waals surface area (Å²) in [5.74, 6) is 0. The molecule has 0 amide bonds. The van der Waals surface area contributed by atoms with Gasteiger partial charge in [-0.05, 0) is 43.0 Å². The van der Waals surface area contributed by atoms with Crippen molar-refractivity contribution in [3.63, 3.8) is 0 Å². The summed E-state index contributed by atoms with van der Waals surface area (Å²) in [7, 11) is 0. The second-order valence-corrected chi connectivity index (χ2v) is 5.02. The van der Waals surface area contributed by atoms with Gasteiger partial charge in [-0.25, -0.2) is 0 Å². The molecule has 0 spiro atoms. The number of hydrogen-bond donors (Lipinski definition) is 1. The highest BCUT2D eigenvalue weighted by Crippen LogP contribution is 2.32. The lowest BCUT2D eigenvalue weighted by Gasteiger charge is -2.06. The van der Waals surface area contributed by atoms with Gasteiger partial charge in [0.1, 0.15) is 0 Å². The van der Waals surface area contributed by atoms with Gasteiger partial charge in [-0.15, -0.1) is 0 Å². The zero-order valence-corrected chi connectivity index (χ0v) is 11.6. The highest BCUT2D eigenvalue weighted by molar-refractivity contribution is 5.97. The van der Waals surface area contributed by atoms with E-state index in [1.165, 1.54) is 27.7 Å². The molecule has 1 aromatic heterocycles. The second-order valence-electron chi connectivity index (χ2n) is 5.02. The van der Waals surface area contributed by atoms with E-state index in [0.29, 0.717) is 0 Å². The number of hydrogen-bond acceptors (Lipinski definition) is 0. The standard InChI is InChI=1S/C17H21N/c1-6-8-14-16-13(11(2)3)9-7-10-15(16)18-17(14)12(4)5/h7,9-10,18H,2,4,6,8H2,1,3,5H3. The third-order valence-electron chi connectivity index (χ3n) is 3.31. The van der Waals surface area contributed by atoms with E-state index in [1.54, 1.807) is 0 Å². The average Bonchev–Trinajstić information content (AvgIpc) is 2.68. The highest BCUT2D eigenvalue weighted by atomic mass is 14.7. The molecule has 0 fully saturated rings. The molecule has 0 radical (unpaired) electrons. The molecular weight excluding hydrogens is 218 g/mol. The van der Waals surface area contributed by atoms with E-state index >= 15 is 0 Å². The Labute approximate surface area is 109 Å². The van der Waals surface area contributed by atoms with E-state index in [1.807, 2.05) is 0 Å². The van der Waals surface area contributed by atoms with Crippen LogP contribution in [0.1, 0.15) is 44.0 Å². The van der Waals surface area contributed by atoms with E-state index in [2.05, 4.69) is 57.1 Å². The van der Waals surface area contributed by atoms with Crippen molar-refractivity contribution in [2.75, 3.05) is 0 Å². The predicted octanol–water partition coefficient (Wildman–Crippen LogP) is 5.19. The maximum Gasteiger partial charge on any atom is 0.0467 e. The average molecular weight is 239 g/mol. The first-order valence-electron chi connectivity index (χ1n) is 6.51. The van der Waals surface area contributed by atoms with E-state index in [-0.39, 0.29) is 0 Å². The Bertz CT molecular complexity index is 614. The minimum absolute atomic E-state index is 1.08. The molecular formula is C17H21N. The number of rotatable bonds is 4. The van der Waals surface area contributed by atoms with Gasteiger partial charge >= 0.3 is 0 Å². The second kappa shape index (κ2) is 4.85. The number of aryl methyl sites for hydroxylation is 1. The third-order valence-corrected chi connectivity index (χ3v) is 3.31. The Morgan fingerprint density at radius 2 is 1.89 bits per heavy atom. The summed E-state index contributed by atoms with van der Waals surface area (Å²) in [6.45, 7) is 14.5. The van der Waals surface area contributed by atoms with E-state index in [9.17, 15) is 0 Å². The van der Waals surface area contributed by atoms with Gasteiger partial charge in [-0.1, -0.05) is 44.2 Å². The molecule has 1 N–H and O–H groups in total. The van der Waals surface area contributed by atoms with Crippen molar-refractivity contribution in [2.45, 2.75) is 33.6 Å². The smallest absolute Gasteiger partial charge is 0.0467 e. The quantitative estimate of drug-likeness (QED) is 0.756. The maximum atomic E-state index is 4.09. The number of benzene rings is 1. The maximum absolute atomic E-state index is 4.09. The molecule has 94 valence electrons. The molecule has 0 saturated carbocycles. The van der Waals surface area contributed by atoms with Gasteiger partial charge in [0.05, 0.1) is 0 Å². The lowest BCUT2D eigenvalue weighted by molar-refractivity contribution is 0.924. The summed E-state index contributed by atoms with van der Waals surface area (Å²) in [6.07, 6.45) is 2.21. The zero-order valence-electron chi connectivity index (χ0n) is 11.6. The summed E-state index contributed by atoms with van der Waals surface area (Å²) in [5.41, 5.74) is 7.24. The van der Waals surface area contributed by atoms with Crippen LogP contribution in [-0.4, -0.2) is 4.98 Å². The molecule has 0 aliphatic heterocycles. The van der Waals surface area contributed by atoms with Gasteiger partial charge in [-0.2, -0.15) is 0 Å². The molecule has 1 heterocycles. The van der Waals surface area contributed by atoms with Gasteiger partial charge < -0.3 is 4.98 Å². The Morgan fingerprint density at radius 1 is 1.17 bits per heavy atom. The summed E-state index contributed by atoms with van der Waals surface area (Å²) in [5, 5.41) is 1.32. The van der Waals surface area contributed by atoms with Crippen molar-refractivity contribution < 1.29 is 0 Å². The van der Waals surface area contributed by atoms with Crippen LogP contribution in [0.15, 0.2) is 31.4 Å². The van der Waals surface area contributed by atoms with Crippen LogP contribution < -0.4 is 0 Å². The van der Waals surface area contributed by atoms with Gasteiger partial charge in [-0.3, -0.25) is 0 Å². The summed E-state index contributed by atoms with van der Waals surface area (Å²) >= 11 is 0. The monoisotopic (exact) mass is 239 g/mol. The number of nitrogens with one attached hydrogen (secondary N) is 1. The summed E-state index contributed by atoms with van der Waals surface area (Å²) in [4.78, 5) is 3.50. The van der Waals surface area contributed by atoms with Crippen molar-refractivity contribution >= 4 is 22.0 Å². The number of H-pyrrole nitrogens is 1. The van der Waals surface area contributed by atoms with Gasteiger partial charge in [0.2, 0.25) is 0 Å². The number of aromatic amines is 1. The molecule has 0 bridgehead atoms. The topological polar surface area (TPSA) is 15.8 Å². The molecule has 0 saturated heterocycles. The van der Waals surface area contributed by atoms with Crippen LogP contribution in [0.3, 0.4) is 0 Å². The van der Waals surface area contributed by atoms with E-state index in [0.717, 1.165) is 24.0 Å². The number of aromatic nitrogens is 1. The van der Waals surface area contributed by atoms with E-state index in [4.69, 9.17) is 0 Å². The summed E-state index contributed by atoms with van der Waals surface area (Å²) < 4.78 is 0. The molecule has 0 unspecified atom stereocenters. The third kappa shape index (κ3) is 2.01. The van der Waals surface area contributed by atoms with Gasteiger partial charge in [0, 0.05) is 16.6 Å². The Kier molecular flexibility index (Phi) is 3.42. The van der Waals surface area contributed by atoms with Crippen molar-refractivity contribution in [2.24, 2.45) is 0 Å². The molecule has 2 aromatic rings. The molecule has 1 heteroatoms. The molecule has 1 nitrogen and oxygen atoms in total. The molecule has 0 atom stereocenters. The van der Waals surface area contributed by atoms with Crippen LogP contribution in [-0.2, 0) is 6.42 Å². The molecule has 18 heavy (non-hydrogen) atoms. The first-order chi connectivity index (χ1) is 8.56. The van der Waals surface area contributed by atoms with Crippen LogP contribution in [0.5, 0.6) is 0 Å². The number of fused-ring (bicyclic) bond motifs is 1. The van der Waals surface area contributed by atoms with Crippen molar-refractivity contribution in [3.8, 4) is 0 Å². The SMILES string of the molecule is C=C(C)c1[nH]c2cccc(C(=C)C)c2c1CCC. The Morgan fingerprint density at radius 3 is 2.44 bits per heavy atom. The van der Waals surface area contributed by atoms with Crippen molar-refractivity contribution in [1.29, 1.82) is 0 Å². The fourth-order valence-corrected chi connectivity index (χ4v) is 2.54. The van der Waals surface area contributed by atoms with Crippen LogP contribution in [0, 0.1) is 0 Å². The minimum Gasteiger partial charge on any atom is -0.355 e. The number of allylic oxidation sites excluding steroid dienone is 2. The van der Waals surface area contributed by atoms with Crippen LogP contribution in [0.2, 0.25) is 0 Å². The molecule has 2 rings (SSSR count). The fraction of sp³-hybridized carbons (Fsp3) is 0.294. The lowest BCUT2D eigenvalue weighted by atomic mass is 9.96. The normalized spacial score (nSPS) is 10.8. The van der Waals surface area contributed by atoms with Crippen molar-refractivity contribution in [1.82, 2.24) is 4.98 Å². The Hall–Kier alpha value is -1.76. The molecule has 1 aromatic carbocycles. The first kappa shape index (κ1) is 12.7. The predicted molar refractivity (Wildman–Crippen MR) is 81.7 cm³/mol. The van der Waals surface area contributed by atoms with Crippen LogP contribution >= 0.6 is 0 Å². The van der Waals surface area contributed by atoms with E-state index < -0.39 is 0 Å². The Balaban J connectivity index is 2.83. The van der Waals surface area contributed by atoms with Crippen LogP contribution in [0.25, 0.3) is 22.0 Å². The summed E-state index contributed by atoms with van der Waals surface area (Å²) in [6, 6.07) is 6.37. The van der Waals surface area contributed by atoms with Crippen molar-refractivity contribution in [3.05, 3.63) is 48.2 Å². The largest absolute Gasteiger partial charge is 0.355 e. The minimum atomic E-state index is 1.08. The lowest BCUT2D eigenvalue weighted by Crippen LogP contribution is -1.90. The van der Waals surface area contributed by atoms with Gasteiger partial charge in [0.15, 0.2) is 0 Å². The van der Waals surface area contributed by atoms with Crippen LogP contribution in [0.4, 0.5) is 0 Å². The first-order valence-corrected chi connectivity index (χ1v) is 6.51. The van der Waals surface area contributed by atoms with Gasteiger partial charge in [0.25, 0.3) is 0 Å². The zero-order chi connectivity index (χ0) is 13.3. The molecule has 0 aliphatic rings. The highest BCUT2D eigenvalue weighted by Gasteiger charge is 2.14. The fourth-order valence-electron chi connectivity index (χ4n) is 2.54. The molecule has 0 aliphatic carbocycles.